The molecule has 0 saturated carbocycles. The van der Waals surface area contributed by atoms with Crippen molar-refractivity contribution in [2.24, 2.45) is 0 Å². The smallest absolute Gasteiger partial charge is 0.345 e. The number of aromatic amines is 1. The highest BCUT2D eigenvalue weighted by Crippen LogP contribution is 2.37. The fourth-order valence-corrected chi connectivity index (χ4v) is 6.50. The summed E-state index contributed by atoms with van der Waals surface area (Å²) in [6.45, 7) is 11.9. The lowest BCUT2D eigenvalue weighted by Gasteiger charge is -2.39. The van der Waals surface area contributed by atoms with E-state index in [4.69, 9.17) is 9.47 Å². The van der Waals surface area contributed by atoms with Crippen LogP contribution in [-0.4, -0.2) is 97.0 Å². The molecule has 50 heavy (non-hydrogen) atoms. The first-order valence-corrected chi connectivity index (χ1v) is 17.4. The summed E-state index contributed by atoms with van der Waals surface area (Å²) in [7, 11) is 0. The van der Waals surface area contributed by atoms with Crippen molar-refractivity contribution >= 4 is 0 Å². The van der Waals surface area contributed by atoms with Gasteiger partial charge in [-0.1, -0.05) is 12.1 Å². The van der Waals surface area contributed by atoms with Crippen LogP contribution in [0.15, 0.2) is 51.6 Å². The lowest BCUT2D eigenvalue weighted by atomic mass is 9.99. The third-order valence-corrected chi connectivity index (χ3v) is 9.48. The van der Waals surface area contributed by atoms with E-state index in [0.717, 1.165) is 37.9 Å². The van der Waals surface area contributed by atoms with Gasteiger partial charge < -0.3 is 14.6 Å². The first-order valence-electron chi connectivity index (χ1n) is 17.4. The Balaban J connectivity index is 0.000000196. The number of nitrogens with one attached hydrogen (secondary N) is 1. The van der Waals surface area contributed by atoms with Gasteiger partial charge in [-0.05, 0) is 65.0 Å². The van der Waals surface area contributed by atoms with Crippen molar-refractivity contribution < 1.29 is 19.0 Å². The van der Waals surface area contributed by atoms with E-state index < -0.39 is 6.10 Å². The van der Waals surface area contributed by atoms with Gasteiger partial charge in [0.05, 0.1) is 38.5 Å². The van der Waals surface area contributed by atoms with Gasteiger partial charge >= 0.3 is 17.1 Å². The molecule has 4 aromatic rings. The van der Waals surface area contributed by atoms with Gasteiger partial charge in [0.15, 0.2) is 0 Å². The van der Waals surface area contributed by atoms with Gasteiger partial charge in [-0.2, -0.15) is 15.3 Å². The van der Waals surface area contributed by atoms with Crippen LogP contribution in [0.5, 0.6) is 0 Å². The SMILES string of the molecule is CCn1cn[nH]c1=O.CCn1cnn(C[C@@H](O)CN2C3CCC2CC(OCc2c(C)cccc2F)C3)c1=O.CCn1cnn(C[C@@H]2CO2)c1=O. The highest BCUT2D eigenvalue weighted by atomic mass is 19.1. The molecule has 2 unspecified atom stereocenters. The fourth-order valence-electron chi connectivity index (χ4n) is 6.50. The predicted octanol–water partition coefficient (Wildman–Crippen LogP) is 1.14. The Morgan fingerprint density at radius 2 is 1.56 bits per heavy atom. The van der Waals surface area contributed by atoms with Crippen LogP contribution in [0.3, 0.4) is 0 Å². The number of fused-ring (bicyclic) bond motifs is 2. The summed E-state index contributed by atoms with van der Waals surface area (Å²) in [5, 5.41) is 24.4. The zero-order chi connectivity index (χ0) is 35.8. The van der Waals surface area contributed by atoms with Crippen molar-refractivity contribution in [3.63, 3.8) is 0 Å². The van der Waals surface area contributed by atoms with E-state index in [9.17, 15) is 23.9 Å². The number of hydrogen-bond acceptors (Lipinski definition) is 10. The Labute approximate surface area is 289 Å². The number of ether oxygens (including phenoxy) is 2. The molecule has 17 heteroatoms. The first kappa shape index (κ1) is 37.1. The molecule has 1 aromatic carbocycles. The Hall–Kier alpha value is -4.19. The molecule has 0 spiro atoms. The maximum Gasteiger partial charge on any atom is 0.345 e. The summed E-state index contributed by atoms with van der Waals surface area (Å²) < 4.78 is 32.5. The van der Waals surface area contributed by atoms with Gasteiger partial charge in [0, 0.05) is 43.8 Å². The molecule has 3 aliphatic heterocycles. The van der Waals surface area contributed by atoms with Crippen LogP contribution in [0.2, 0.25) is 0 Å². The lowest BCUT2D eigenvalue weighted by molar-refractivity contribution is -0.0410. The minimum atomic E-state index is -0.649. The molecule has 4 atom stereocenters. The number of aliphatic hydroxyl groups is 1. The number of aliphatic hydroxyl groups excluding tert-OH is 1. The summed E-state index contributed by atoms with van der Waals surface area (Å²) in [6.07, 6.45) is 8.17. The molecule has 7 rings (SSSR count). The molecule has 3 saturated heterocycles. The number of nitrogens with zero attached hydrogens (tertiary/aromatic N) is 9. The Morgan fingerprint density at radius 1 is 0.940 bits per heavy atom. The van der Waals surface area contributed by atoms with Gasteiger partial charge in [0.25, 0.3) is 0 Å². The molecule has 274 valence electrons. The van der Waals surface area contributed by atoms with Crippen molar-refractivity contribution in [2.75, 3.05) is 13.2 Å². The molecule has 16 nitrogen and oxygen atoms in total. The van der Waals surface area contributed by atoms with Crippen LogP contribution < -0.4 is 17.1 Å². The van der Waals surface area contributed by atoms with Gasteiger partial charge in [-0.3, -0.25) is 18.6 Å². The average Bonchev–Trinajstić information content (AvgIpc) is 3.46. The van der Waals surface area contributed by atoms with Crippen LogP contribution in [0, 0.1) is 12.7 Å². The molecule has 3 fully saturated rings. The van der Waals surface area contributed by atoms with Crippen molar-refractivity contribution in [2.45, 2.75) is 123 Å². The highest BCUT2D eigenvalue weighted by Gasteiger charge is 2.41. The van der Waals surface area contributed by atoms with Crippen LogP contribution in [0.4, 0.5) is 4.39 Å². The lowest BCUT2D eigenvalue weighted by Crippen LogP contribution is -2.49. The number of epoxide rings is 1. The number of rotatable bonds is 12. The molecule has 0 radical (unpaired) electrons. The second-order valence-corrected chi connectivity index (χ2v) is 12.8. The zero-order valence-corrected chi connectivity index (χ0v) is 29.2. The fraction of sp³-hybridized carbons (Fsp3) is 0.636. The number of aryl methyl sites for hydroxylation is 4. The minimum Gasteiger partial charge on any atom is -0.390 e. The van der Waals surface area contributed by atoms with E-state index >= 15 is 0 Å². The molecule has 0 amide bonds. The number of hydrogen-bond donors (Lipinski definition) is 2. The summed E-state index contributed by atoms with van der Waals surface area (Å²) in [5.41, 5.74) is 1.18. The third kappa shape index (κ3) is 9.32. The molecule has 3 aromatic heterocycles. The Bertz CT molecular complexity index is 1800. The molecule has 2 bridgehead atoms. The van der Waals surface area contributed by atoms with E-state index in [1.807, 2.05) is 33.8 Å². The number of halogens is 1. The highest BCUT2D eigenvalue weighted by molar-refractivity contribution is 5.26. The Kier molecular flexibility index (Phi) is 12.7. The van der Waals surface area contributed by atoms with Crippen molar-refractivity contribution in [1.82, 2.24) is 48.4 Å². The van der Waals surface area contributed by atoms with E-state index in [2.05, 4.69) is 25.3 Å². The topological polar surface area (TPSA) is 176 Å². The van der Waals surface area contributed by atoms with Gasteiger partial charge in [0.2, 0.25) is 0 Å². The van der Waals surface area contributed by atoms with Gasteiger partial charge in [-0.25, -0.2) is 33.2 Å². The summed E-state index contributed by atoms with van der Waals surface area (Å²) in [4.78, 5) is 36.4. The average molecular weight is 701 g/mol. The normalized spacial score (nSPS) is 21.6. The van der Waals surface area contributed by atoms with Crippen molar-refractivity contribution in [3.8, 4) is 0 Å². The maximum atomic E-state index is 14.1. The molecule has 3 aliphatic rings. The van der Waals surface area contributed by atoms with E-state index in [1.165, 1.54) is 37.2 Å². The molecular formula is C33H49FN10O6. The number of H-pyrrole nitrogens is 1. The number of piperidine rings is 1. The largest absolute Gasteiger partial charge is 0.390 e. The Morgan fingerprint density at radius 3 is 2.08 bits per heavy atom. The number of aromatic nitrogens is 9. The summed E-state index contributed by atoms with van der Waals surface area (Å²) in [5.74, 6) is -0.209. The molecule has 6 heterocycles. The molecule has 0 aliphatic carbocycles. The van der Waals surface area contributed by atoms with Crippen LogP contribution in [0.25, 0.3) is 0 Å². The maximum absolute atomic E-state index is 14.1. The summed E-state index contributed by atoms with van der Waals surface area (Å²) >= 11 is 0. The first-order chi connectivity index (χ1) is 24.1. The number of benzene rings is 1. The van der Waals surface area contributed by atoms with Crippen LogP contribution in [0.1, 0.15) is 57.6 Å². The predicted molar refractivity (Wildman–Crippen MR) is 181 cm³/mol. The molecular weight excluding hydrogens is 651 g/mol. The second kappa shape index (κ2) is 17.2. The van der Waals surface area contributed by atoms with Crippen molar-refractivity contribution in [3.05, 3.63) is 85.6 Å². The molecule has 2 N–H and O–H groups in total. The second-order valence-electron chi connectivity index (χ2n) is 12.8. The van der Waals surface area contributed by atoms with Gasteiger partial charge in [0.1, 0.15) is 30.9 Å². The van der Waals surface area contributed by atoms with E-state index in [1.54, 1.807) is 17.0 Å². The standard InChI is InChI=1S/C22H31FN4O3.C7H11N3O2.C4H7N3O/c1-3-25-14-24-27(22(25)29)12-18(28)11-26-16-7-8-17(26)10-19(9-16)30-13-20-15(2)5-4-6-21(20)23;1-2-9-5-8-10(7(9)11)3-6-4-12-6;1-2-7-3-5-6-4(7)8/h4-6,14,16-19,28H,3,7-13H2,1-2H3;5-6H,2-4H2,1H3;3H,2H2,1H3,(H,6,8)/t16?,17?,18-,19?;6-;/m01./s1. The van der Waals surface area contributed by atoms with Crippen molar-refractivity contribution in [1.29, 1.82) is 0 Å². The minimum absolute atomic E-state index is 0.0481. The third-order valence-electron chi connectivity index (χ3n) is 9.48. The van der Waals surface area contributed by atoms with E-state index in [-0.39, 0.29) is 41.6 Å². The van der Waals surface area contributed by atoms with E-state index in [0.29, 0.717) is 57.0 Å². The monoisotopic (exact) mass is 700 g/mol. The quantitative estimate of drug-likeness (QED) is 0.204. The zero-order valence-electron chi connectivity index (χ0n) is 29.2. The van der Waals surface area contributed by atoms with Crippen LogP contribution in [-0.2, 0) is 48.8 Å². The summed E-state index contributed by atoms with van der Waals surface area (Å²) in [6, 6.07) is 5.82. The van der Waals surface area contributed by atoms with Crippen LogP contribution >= 0.6 is 0 Å². The van der Waals surface area contributed by atoms with Gasteiger partial charge in [-0.15, -0.1) is 0 Å².